The van der Waals surface area contributed by atoms with Gasteiger partial charge in [-0.05, 0) is 31.2 Å². The van der Waals surface area contributed by atoms with Crippen LogP contribution in [0.3, 0.4) is 0 Å². The van der Waals surface area contributed by atoms with Gasteiger partial charge in [-0.1, -0.05) is 0 Å². The third-order valence-electron chi connectivity index (χ3n) is 2.14. The second-order valence-corrected chi connectivity index (χ2v) is 3.99. The van der Waals surface area contributed by atoms with Gasteiger partial charge in [-0.3, -0.25) is 4.98 Å². The number of hydrogen-bond acceptors (Lipinski definition) is 3. The zero-order valence-electron chi connectivity index (χ0n) is 8.73. The Morgan fingerprint density at radius 2 is 2.20 bits per heavy atom. The monoisotopic (exact) mass is 223 g/mol. The van der Waals surface area contributed by atoms with Crippen molar-refractivity contribution in [2.75, 3.05) is 20.1 Å². The molecular formula is C11H14ClN3. The summed E-state index contributed by atoms with van der Waals surface area (Å²) in [6.07, 6.45) is 4.53. The minimum absolute atomic E-state index is 0.424. The number of pyridine rings is 1. The third-order valence-corrected chi connectivity index (χ3v) is 2.38. The predicted octanol–water partition coefficient (Wildman–Crippen LogP) is 1.69. The van der Waals surface area contributed by atoms with Crippen molar-refractivity contribution in [2.45, 2.75) is 11.8 Å². The van der Waals surface area contributed by atoms with Crippen molar-refractivity contribution in [2.24, 2.45) is 0 Å². The van der Waals surface area contributed by atoms with Crippen LogP contribution in [0, 0.1) is 11.3 Å². The quantitative estimate of drug-likeness (QED) is 0.714. The highest BCUT2D eigenvalue weighted by Gasteiger charge is 2.06. The SMILES string of the molecule is CN(CCc1ccncc1)CC(Cl)C#N. The highest BCUT2D eigenvalue weighted by atomic mass is 35.5. The van der Waals surface area contributed by atoms with Gasteiger partial charge < -0.3 is 4.90 Å². The normalized spacial score (nSPS) is 12.4. The molecule has 1 atom stereocenters. The summed E-state index contributed by atoms with van der Waals surface area (Å²) < 4.78 is 0. The molecule has 0 spiro atoms. The molecular weight excluding hydrogens is 210 g/mol. The molecule has 80 valence electrons. The van der Waals surface area contributed by atoms with Crippen LogP contribution in [0.15, 0.2) is 24.5 Å². The summed E-state index contributed by atoms with van der Waals surface area (Å²) in [5.41, 5.74) is 1.25. The summed E-state index contributed by atoms with van der Waals surface area (Å²) >= 11 is 5.73. The van der Waals surface area contributed by atoms with Crippen LogP contribution in [0.1, 0.15) is 5.56 Å². The maximum absolute atomic E-state index is 8.55. The van der Waals surface area contributed by atoms with Crippen LogP contribution in [0.25, 0.3) is 0 Å². The van der Waals surface area contributed by atoms with Gasteiger partial charge in [0.05, 0.1) is 6.07 Å². The Hall–Kier alpha value is -1.11. The number of nitrogens with zero attached hydrogens (tertiary/aromatic N) is 3. The topological polar surface area (TPSA) is 39.9 Å². The number of likely N-dealkylation sites (N-methyl/N-ethyl adjacent to an activating group) is 1. The average molecular weight is 224 g/mol. The summed E-state index contributed by atoms with van der Waals surface area (Å²) in [6, 6.07) is 6.00. The lowest BCUT2D eigenvalue weighted by molar-refractivity contribution is 0.348. The number of alkyl halides is 1. The molecule has 0 saturated heterocycles. The van der Waals surface area contributed by atoms with Crippen molar-refractivity contribution in [1.29, 1.82) is 5.26 Å². The second-order valence-electron chi connectivity index (χ2n) is 3.46. The maximum Gasteiger partial charge on any atom is 0.133 e. The van der Waals surface area contributed by atoms with Crippen LogP contribution in [0.2, 0.25) is 0 Å². The van der Waals surface area contributed by atoms with Gasteiger partial charge in [0.15, 0.2) is 0 Å². The zero-order chi connectivity index (χ0) is 11.1. The molecule has 0 bridgehead atoms. The van der Waals surface area contributed by atoms with E-state index in [2.05, 4.69) is 9.88 Å². The lowest BCUT2D eigenvalue weighted by atomic mass is 10.2. The highest BCUT2D eigenvalue weighted by molar-refractivity contribution is 6.22. The lowest BCUT2D eigenvalue weighted by Gasteiger charge is -2.16. The fraction of sp³-hybridized carbons (Fsp3) is 0.455. The van der Waals surface area contributed by atoms with Crippen molar-refractivity contribution >= 4 is 11.6 Å². The summed E-state index contributed by atoms with van der Waals surface area (Å²) in [4.78, 5) is 6.01. The van der Waals surface area contributed by atoms with Gasteiger partial charge in [0, 0.05) is 25.5 Å². The molecule has 0 aliphatic rings. The van der Waals surface area contributed by atoms with Crippen molar-refractivity contribution in [3.05, 3.63) is 30.1 Å². The maximum atomic E-state index is 8.55. The van der Waals surface area contributed by atoms with Crippen LogP contribution in [0.4, 0.5) is 0 Å². The van der Waals surface area contributed by atoms with Crippen molar-refractivity contribution in [3.63, 3.8) is 0 Å². The Balaban J connectivity index is 2.29. The molecule has 3 nitrogen and oxygen atoms in total. The molecule has 1 aromatic rings. The average Bonchev–Trinajstić information content (AvgIpc) is 2.27. The van der Waals surface area contributed by atoms with Crippen molar-refractivity contribution < 1.29 is 0 Å². The summed E-state index contributed by atoms with van der Waals surface area (Å²) in [7, 11) is 1.97. The third kappa shape index (κ3) is 4.78. The second kappa shape index (κ2) is 6.39. The van der Waals surface area contributed by atoms with Crippen molar-refractivity contribution in [3.8, 4) is 6.07 Å². The Bertz CT molecular complexity index is 320. The predicted molar refractivity (Wildman–Crippen MR) is 60.7 cm³/mol. The van der Waals surface area contributed by atoms with E-state index in [-0.39, 0.29) is 0 Å². The summed E-state index contributed by atoms with van der Waals surface area (Å²) in [6.45, 7) is 1.50. The Labute approximate surface area is 95.3 Å². The van der Waals surface area contributed by atoms with Crippen LogP contribution in [-0.2, 0) is 6.42 Å². The highest BCUT2D eigenvalue weighted by Crippen LogP contribution is 2.01. The molecule has 0 aliphatic carbocycles. The van der Waals surface area contributed by atoms with E-state index in [9.17, 15) is 0 Å². The van der Waals surface area contributed by atoms with E-state index in [0.29, 0.717) is 6.54 Å². The molecule has 1 aromatic heterocycles. The number of aromatic nitrogens is 1. The lowest BCUT2D eigenvalue weighted by Crippen LogP contribution is -2.27. The first-order chi connectivity index (χ1) is 7.22. The van der Waals surface area contributed by atoms with Gasteiger partial charge in [0.1, 0.15) is 5.38 Å². The molecule has 1 unspecified atom stereocenters. The molecule has 1 rings (SSSR count). The number of nitriles is 1. The van der Waals surface area contributed by atoms with Gasteiger partial charge in [0.2, 0.25) is 0 Å². The summed E-state index contributed by atoms with van der Waals surface area (Å²) in [5, 5.41) is 8.13. The summed E-state index contributed by atoms with van der Waals surface area (Å²) in [5.74, 6) is 0. The largest absolute Gasteiger partial charge is 0.304 e. The molecule has 0 radical (unpaired) electrons. The standard InChI is InChI=1S/C11H14ClN3/c1-15(9-11(12)8-13)7-4-10-2-5-14-6-3-10/h2-3,5-6,11H,4,7,9H2,1H3. The van der Waals surface area contributed by atoms with E-state index >= 15 is 0 Å². The van der Waals surface area contributed by atoms with Gasteiger partial charge in [-0.2, -0.15) is 5.26 Å². The van der Waals surface area contributed by atoms with E-state index in [1.54, 1.807) is 12.4 Å². The van der Waals surface area contributed by atoms with Crippen LogP contribution in [0.5, 0.6) is 0 Å². The van der Waals surface area contributed by atoms with Gasteiger partial charge in [-0.25, -0.2) is 0 Å². The molecule has 0 aliphatic heterocycles. The van der Waals surface area contributed by atoms with Crippen LogP contribution < -0.4 is 0 Å². The van der Waals surface area contributed by atoms with Crippen LogP contribution in [-0.4, -0.2) is 35.4 Å². The molecule has 4 heteroatoms. The van der Waals surface area contributed by atoms with E-state index < -0.39 is 5.38 Å². The smallest absolute Gasteiger partial charge is 0.133 e. The first kappa shape index (κ1) is 12.0. The molecule has 0 saturated carbocycles. The minimum atomic E-state index is -0.424. The number of rotatable bonds is 5. The zero-order valence-corrected chi connectivity index (χ0v) is 9.48. The van der Waals surface area contributed by atoms with Gasteiger partial charge in [-0.15, -0.1) is 11.6 Å². The van der Waals surface area contributed by atoms with Gasteiger partial charge >= 0.3 is 0 Å². The fourth-order valence-corrected chi connectivity index (χ4v) is 1.51. The minimum Gasteiger partial charge on any atom is -0.304 e. The molecule has 15 heavy (non-hydrogen) atoms. The first-order valence-corrected chi connectivity index (χ1v) is 5.27. The Morgan fingerprint density at radius 3 is 2.80 bits per heavy atom. The van der Waals surface area contributed by atoms with E-state index in [4.69, 9.17) is 16.9 Å². The first-order valence-electron chi connectivity index (χ1n) is 4.83. The Morgan fingerprint density at radius 1 is 1.53 bits per heavy atom. The van der Waals surface area contributed by atoms with E-state index in [1.807, 2.05) is 25.2 Å². The Kier molecular flexibility index (Phi) is 5.09. The molecule has 0 amide bonds. The fourth-order valence-electron chi connectivity index (χ4n) is 1.28. The number of halogens is 1. The number of hydrogen-bond donors (Lipinski definition) is 0. The van der Waals surface area contributed by atoms with Crippen molar-refractivity contribution in [1.82, 2.24) is 9.88 Å². The van der Waals surface area contributed by atoms with Crippen LogP contribution >= 0.6 is 11.6 Å². The molecule has 0 fully saturated rings. The van der Waals surface area contributed by atoms with E-state index in [0.717, 1.165) is 13.0 Å². The molecule has 0 N–H and O–H groups in total. The molecule has 1 heterocycles. The van der Waals surface area contributed by atoms with E-state index in [1.165, 1.54) is 5.56 Å². The molecule has 0 aromatic carbocycles. The van der Waals surface area contributed by atoms with Gasteiger partial charge in [0.25, 0.3) is 0 Å².